The molecule has 0 aromatic carbocycles. The van der Waals surface area contributed by atoms with Gasteiger partial charge in [0.1, 0.15) is 18.2 Å². The van der Waals surface area contributed by atoms with Crippen molar-refractivity contribution in [3.63, 3.8) is 0 Å². The summed E-state index contributed by atoms with van der Waals surface area (Å²) in [5.74, 6) is -0.416. The Morgan fingerprint density at radius 1 is 1.26 bits per heavy atom. The fraction of sp³-hybridized carbons (Fsp3) is 0.600. The number of ether oxygens (including phenoxy) is 1. The number of aryl methyl sites for hydroxylation is 3. The van der Waals surface area contributed by atoms with Gasteiger partial charge < -0.3 is 20.1 Å². The number of halogens is 1. The van der Waals surface area contributed by atoms with Crippen LogP contribution in [0.5, 0.6) is 0 Å². The molecule has 2 heterocycles. The molecule has 9 heteroatoms. The Labute approximate surface area is 210 Å². The number of unbranched alkanes of at least 4 members (excludes halogenated alkanes) is 1. The van der Waals surface area contributed by atoms with Gasteiger partial charge in [0.05, 0.1) is 10.6 Å². The summed E-state index contributed by atoms with van der Waals surface area (Å²) < 4.78 is 6.11. The van der Waals surface area contributed by atoms with Gasteiger partial charge in [0.2, 0.25) is 0 Å². The molecule has 0 spiro atoms. The number of carboxylic acid groups (broad SMARTS) is 1. The van der Waals surface area contributed by atoms with Crippen molar-refractivity contribution in [1.82, 2.24) is 19.9 Å². The average molecular weight is 534 g/mol. The largest absolute Gasteiger partial charge is 0.480 e. The summed E-state index contributed by atoms with van der Waals surface area (Å²) in [7, 11) is 1.71. The molecule has 0 saturated carbocycles. The monoisotopic (exact) mass is 533 g/mol. The number of carbonyl (C=O) groups is 1. The van der Waals surface area contributed by atoms with E-state index in [0.29, 0.717) is 23.3 Å². The van der Waals surface area contributed by atoms with E-state index in [1.165, 1.54) is 36.1 Å². The number of fused-ring (bicyclic) bond motifs is 1. The topological polar surface area (TPSA) is 100 Å². The van der Waals surface area contributed by atoms with Gasteiger partial charge in [0, 0.05) is 37.8 Å². The number of hydrogen-bond donors (Lipinski definition) is 2. The van der Waals surface area contributed by atoms with Crippen LogP contribution in [0.25, 0.3) is 0 Å². The third kappa shape index (κ3) is 8.29. The molecule has 8 nitrogen and oxygen atoms in total. The van der Waals surface area contributed by atoms with E-state index in [1.807, 2.05) is 6.92 Å². The van der Waals surface area contributed by atoms with Gasteiger partial charge in [-0.2, -0.15) is 0 Å². The minimum atomic E-state index is -0.899. The van der Waals surface area contributed by atoms with Gasteiger partial charge in [0.15, 0.2) is 0 Å². The number of hydrogen-bond acceptors (Lipinski definition) is 7. The van der Waals surface area contributed by atoms with Crippen LogP contribution in [0.2, 0.25) is 0 Å². The number of carboxylic acids is 1. The normalized spacial score (nSPS) is 15.1. The van der Waals surface area contributed by atoms with Gasteiger partial charge >= 0.3 is 5.97 Å². The van der Waals surface area contributed by atoms with Crippen molar-refractivity contribution in [2.45, 2.75) is 70.4 Å². The number of aromatic nitrogens is 3. The van der Waals surface area contributed by atoms with Crippen molar-refractivity contribution in [1.29, 1.82) is 0 Å². The third-order valence-electron chi connectivity index (χ3n) is 6.32. The number of anilines is 1. The minimum absolute atomic E-state index is 0.0783. The molecule has 0 bridgehead atoms. The lowest BCUT2D eigenvalue weighted by atomic mass is 9.95. The van der Waals surface area contributed by atoms with Crippen LogP contribution in [0.15, 0.2) is 29.1 Å². The molecule has 0 aliphatic heterocycles. The van der Waals surface area contributed by atoms with Gasteiger partial charge in [0.25, 0.3) is 0 Å². The van der Waals surface area contributed by atoms with Gasteiger partial charge in [-0.05, 0) is 92.4 Å². The summed E-state index contributed by atoms with van der Waals surface area (Å²) >= 11 is 3.37. The van der Waals surface area contributed by atoms with E-state index in [9.17, 15) is 9.90 Å². The first-order valence-corrected chi connectivity index (χ1v) is 12.9. The summed E-state index contributed by atoms with van der Waals surface area (Å²) in [6, 6.07) is 3.70. The fourth-order valence-corrected chi connectivity index (χ4v) is 4.63. The van der Waals surface area contributed by atoms with E-state index >= 15 is 0 Å². The molecule has 0 fully saturated rings. The second-order valence-corrected chi connectivity index (χ2v) is 9.82. The van der Waals surface area contributed by atoms with Crippen LogP contribution in [0, 0.1) is 0 Å². The first-order valence-electron chi connectivity index (χ1n) is 12.1. The highest BCUT2D eigenvalue weighted by Crippen LogP contribution is 2.21. The number of pyridine rings is 1. The molecule has 0 radical (unpaired) electrons. The summed E-state index contributed by atoms with van der Waals surface area (Å²) in [6.45, 7) is 4.34. The second-order valence-electron chi connectivity index (χ2n) is 8.96. The van der Waals surface area contributed by atoms with Crippen LogP contribution in [-0.2, 0) is 28.8 Å². The van der Waals surface area contributed by atoms with Gasteiger partial charge in [-0.1, -0.05) is 6.07 Å². The molecule has 1 aliphatic carbocycles. The maximum atomic E-state index is 11.9. The highest BCUT2D eigenvalue weighted by molar-refractivity contribution is 9.10. The van der Waals surface area contributed by atoms with Crippen molar-refractivity contribution in [3.8, 4) is 0 Å². The zero-order valence-electron chi connectivity index (χ0n) is 20.2. The smallest absolute Gasteiger partial charge is 0.326 e. The highest BCUT2D eigenvalue weighted by Gasteiger charge is 2.21. The van der Waals surface area contributed by atoms with Crippen molar-refractivity contribution in [2.24, 2.45) is 0 Å². The molecule has 2 aromatic rings. The first-order chi connectivity index (χ1) is 16.5. The van der Waals surface area contributed by atoms with Crippen molar-refractivity contribution < 1.29 is 14.6 Å². The van der Waals surface area contributed by atoms with Crippen LogP contribution >= 0.6 is 15.9 Å². The molecular formula is C25H36BrN5O3. The highest BCUT2D eigenvalue weighted by atomic mass is 79.9. The zero-order chi connectivity index (χ0) is 24.3. The van der Waals surface area contributed by atoms with Gasteiger partial charge in [-0.15, -0.1) is 0 Å². The van der Waals surface area contributed by atoms with E-state index in [1.54, 1.807) is 13.3 Å². The fourth-order valence-electron chi connectivity index (χ4n) is 4.29. The van der Waals surface area contributed by atoms with Crippen LogP contribution in [0.4, 0.5) is 5.82 Å². The van der Waals surface area contributed by atoms with Crippen molar-refractivity contribution in [3.05, 3.63) is 46.1 Å². The maximum absolute atomic E-state index is 11.9. The standard InChI is InChI=1S/C25H36BrN5O3/c1-18(34-2)16-31(14-12-23(25(32)33)30-24-21(26)15-27-17-28-24)13-6-5-8-20-11-10-19-7-3-4-9-22(19)29-20/h10-11,15,17-18,23H,3-9,12-14,16H2,1-2H3,(H,32,33)(H,27,28,30)/t18-,23+/m1/s1. The minimum Gasteiger partial charge on any atom is -0.480 e. The first kappa shape index (κ1) is 26.5. The molecule has 34 heavy (non-hydrogen) atoms. The van der Waals surface area contributed by atoms with E-state index in [2.05, 4.69) is 48.2 Å². The molecule has 2 atom stereocenters. The summed E-state index contributed by atoms with van der Waals surface area (Å²) in [4.78, 5) is 27.1. The molecule has 2 aromatic heterocycles. The zero-order valence-corrected chi connectivity index (χ0v) is 21.8. The predicted octanol–water partition coefficient (Wildman–Crippen LogP) is 4.13. The Balaban J connectivity index is 1.50. The number of nitrogens with zero attached hydrogens (tertiary/aromatic N) is 4. The quantitative estimate of drug-likeness (QED) is 0.349. The Kier molecular flexibility index (Phi) is 10.7. The van der Waals surface area contributed by atoms with Crippen LogP contribution in [0.1, 0.15) is 56.0 Å². The van der Waals surface area contributed by atoms with Crippen LogP contribution in [0.3, 0.4) is 0 Å². The van der Waals surface area contributed by atoms with Crippen LogP contribution in [-0.4, -0.2) is 69.8 Å². The summed E-state index contributed by atoms with van der Waals surface area (Å²) in [5, 5.41) is 12.7. The molecule has 3 rings (SSSR count). The van der Waals surface area contributed by atoms with E-state index < -0.39 is 12.0 Å². The van der Waals surface area contributed by atoms with Crippen molar-refractivity contribution >= 4 is 27.7 Å². The molecule has 0 amide bonds. The maximum Gasteiger partial charge on any atom is 0.326 e. The van der Waals surface area contributed by atoms with Gasteiger partial charge in [-0.25, -0.2) is 14.8 Å². The summed E-state index contributed by atoms with van der Waals surface area (Å²) in [5.41, 5.74) is 3.90. The molecular weight excluding hydrogens is 498 g/mol. The molecule has 186 valence electrons. The lowest BCUT2D eigenvalue weighted by molar-refractivity contribution is -0.138. The Morgan fingerprint density at radius 2 is 2.09 bits per heavy atom. The number of nitrogens with one attached hydrogen (secondary N) is 1. The molecule has 2 N–H and O–H groups in total. The molecule has 0 unspecified atom stereocenters. The predicted molar refractivity (Wildman–Crippen MR) is 136 cm³/mol. The van der Waals surface area contributed by atoms with Crippen LogP contribution < -0.4 is 5.32 Å². The lowest BCUT2D eigenvalue weighted by Crippen LogP contribution is -2.38. The lowest BCUT2D eigenvalue weighted by Gasteiger charge is -2.27. The van der Waals surface area contributed by atoms with Crippen molar-refractivity contribution in [2.75, 3.05) is 32.1 Å². The third-order valence-corrected chi connectivity index (χ3v) is 6.90. The van der Waals surface area contributed by atoms with E-state index in [0.717, 1.165) is 45.2 Å². The number of rotatable bonds is 14. The number of methoxy groups -OCH3 is 1. The Hall–Kier alpha value is -2.10. The number of aliphatic carboxylic acids is 1. The second kappa shape index (κ2) is 13.7. The molecule has 0 saturated heterocycles. The van der Waals surface area contributed by atoms with E-state index in [4.69, 9.17) is 9.72 Å². The Bertz CT molecular complexity index is 929. The Morgan fingerprint density at radius 3 is 2.85 bits per heavy atom. The van der Waals surface area contributed by atoms with Gasteiger partial charge in [-0.3, -0.25) is 4.98 Å². The SMILES string of the molecule is CO[C@H](C)CN(CCCCc1ccc2c(n1)CCCC2)CC[C@H](Nc1ncncc1Br)C(=O)O. The summed E-state index contributed by atoms with van der Waals surface area (Å²) in [6.07, 6.45) is 11.4. The average Bonchev–Trinajstić information content (AvgIpc) is 2.84. The molecule has 1 aliphatic rings. The van der Waals surface area contributed by atoms with E-state index in [-0.39, 0.29) is 6.10 Å².